The Morgan fingerprint density at radius 3 is 1.57 bits per heavy atom. The lowest BCUT2D eigenvalue weighted by Gasteiger charge is -1.97. The zero-order valence-corrected chi connectivity index (χ0v) is 11.7. The van der Waals surface area contributed by atoms with Crippen LogP contribution in [0.3, 0.4) is 0 Å². The summed E-state index contributed by atoms with van der Waals surface area (Å²) in [5.74, 6) is 0.470. The molecular formula is C17H18N2O2. The molecule has 2 aromatic rings. The Bertz CT molecular complexity index is 581. The van der Waals surface area contributed by atoms with E-state index in [0.717, 1.165) is 17.5 Å². The SMILES string of the molecule is Oc1ccccc1C=NCCC/N=C/c1ccccc1O. The molecule has 0 aromatic heterocycles. The van der Waals surface area contributed by atoms with Crippen molar-refractivity contribution < 1.29 is 10.2 Å². The van der Waals surface area contributed by atoms with Gasteiger partial charge in [0.15, 0.2) is 0 Å². The van der Waals surface area contributed by atoms with Gasteiger partial charge < -0.3 is 10.2 Å². The monoisotopic (exact) mass is 282 g/mol. The van der Waals surface area contributed by atoms with Crippen LogP contribution in [-0.4, -0.2) is 35.7 Å². The maximum atomic E-state index is 9.56. The highest BCUT2D eigenvalue weighted by molar-refractivity contribution is 5.83. The van der Waals surface area contributed by atoms with Gasteiger partial charge in [0.1, 0.15) is 11.5 Å². The third kappa shape index (κ3) is 4.76. The highest BCUT2D eigenvalue weighted by Crippen LogP contribution is 2.13. The van der Waals surface area contributed by atoms with Gasteiger partial charge in [-0.1, -0.05) is 24.3 Å². The number of hydrogen-bond acceptors (Lipinski definition) is 4. The van der Waals surface area contributed by atoms with E-state index in [-0.39, 0.29) is 11.5 Å². The summed E-state index contributed by atoms with van der Waals surface area (Å²) in [6.07, 6.45) is 4.15. The summed E-state index contributed by atoms with van der Waals surface area (Å²) in [5, 5.41) is 19.1. The summed E-state index contributed by atoms with van der Waals surface area (Å²) < 4.78 is 0. The van der Waals surface area contributed by atoms with Crippen molar-refractivity contribution in [1.82, 2.24) is 0 Å². The molecule has 0 fully saturated rings. The quantitative estimate of drug-likeness (QED) is 0.632. The largest absolute Gasteiger partial charge is 0.507 e. The Morgan fingerprint density at radius 1 is 0.714 bits per heavy atom. The van der Waals surface area contributed by atoms with Gasteiger partial charge in [0.2, 0.25) is 0 Å². The molecule has 0 aliphatic heterocycles. The summed E-state index contributed by atoms with van der Waals surface area (Å²) in [6, 6.07) is 14.2. The summed E-state index contributed by atoms with van der Waals surface area (Å²) in [5.41, 5.74) is 1.44. The van der Waals surface area contributed by atoms with Crippen LogP contribution in [0.4, 0.5) is 0 Å². The first-order valence-corrected chi connectivity index (χ1v) is 6.83. The summed E-state index contributed by atoms with van der Waals surface area (Å²) in [6.45, 7) is 1.29. The molecule has 0 atom stereocenters. The van der Waals surface area contributed by atoms with Crippen molar-refractivity contribution in [2.75, 3.05) is 13.1 Å². The third-order valence-electron chi connectivity index (χ3n) is 2.91. The second-order valence-electron chi connectivity index (χ2n) is 4.54. The van der Waals surface area contributed by atoms with Crippen LogP contribution in [0, 0.1) is 0 Å². The van der Waals surface area contributed by atoms with Crippen LogP contribution in [0.25, 0.3) is 0 Å². The number of rotatable bonds is 6. The lowest BCUT2D eigenvalue weighted by atomic mass is 10.2. The lowest BCUT2D eigenvalue weighted by Crippen LogP contribution is -1.90. The van der Waals surface area contributed by atoms with Gasteiger partial charge in [-0.15, -0.1) is 0 Å². The number of phenols is 2. The molecule has 0 saturated heterocycles. The molecule has 21 heavy (non-hydrogen) atoms. The van der Waals surface area contributed by atoms with E-state index in [2.05, 4.69) is 9.98 Å². The number of aliphatic imine (C=N–C) groups is 2. The number of benzene rings is 2. The van der Waals surface area contributed by atoms with Crippen molar-refractivity contribution >= 4 is 12.4 Å². The summed E-state index contributed by atoms with van der Waals surface area (Å²) in [7, 11) is 0. The molecule has 0 spiro atoms. The normalized spacial score (nSPS) is 11.4. The van der Waals surface area contributed by atoms with Gasteiger partial charge in [0.25, 0.3) is 0 Å². The van der Waals surface area contributed by atoms with Crippen molar-refractivity contribution in [3.8, 4) is 11.5 Å². The Morgan fingerprint density at radius 2 is 1.14 bits per heavy atom. The molecule has 0 aliphatic carbocycles. The number of nitrogens with zero attached hydrogens (tertiary/aromatic N) is 2. The summed E-state index contributed by atoms with van der Waals surface area (Å²) in [4.78, 5) is 8.51. The van der Waals surface area contributed by atoms with Crippen molar-refractivity contribution in [2.45, 2.75) is 6.42 Å². The van der Waals surface area contributed by atoms with Crippen molar-refractivity contribution in [3.63, 3.8) is 0 Å². The molecule has 108 valence electrons. The van der Waals surface area contributed by atoms with E-state index in [1.54, 1.807) is 36.7 Å². The first-order valence-electron chi connectivity index (χ1n) is 6.83. The molecule has 0 bridgehead atoms. The van der Waals surface area contributed by atoms with Crippen LogP contribution in [0.2, 0.25) is 0 Å². The van der Waals surface area contributed by atoms with E-state index in [9.17, 15) is 10.2 Å². The van der Waals surface area contributed by atoms with Crippen molar-refractivity contribution in [1.29, 1.82) is 0 Å². The minimum Gasteiger partial charge on any atom is -0.507 e. The zero-order chi connectivity index (χ0) is 14.9. The third-order valence-corrected chi connectivity index (χ3v) is 2.91. The molecule has 4 nitrogen and oxygen atoms in total. The van der Waals surface area contributed by atoms with Crippen LogP contribution in [0.5, 0.6) is 11.5 Å². The van der Waals surface area contributed by atoms with Crippen LogP contribution >= 0.6 is 0 Å². The molecule has 2 N–H and O–H groups in total. The second kappa shape index (κ2) is 7.85. The fourth-order valence-corrected chi connectivity index (χ4v) is 1.77. The van der Waals surface area contributed by atoms with E-state index < -0.39 is 0 Å². The maximum Gasteiger partial charge on any atom is 0.124 e. The molecule has 2 rings (SSSR count). The van der Waals surface area contributed by atoms with Gasteiger partial charge in [-0.3, -0.25) is 9.98 Å². The van der Waals surface area contributed by atoms with Crippen LogP contribution in [-0.2, 0) is 0 Å². The van der Waals surface area contributed by atoms with Crippen molar-refractivity contribution in [3.05, 3.63) is 59.7 Å². The second-order valence-corrected chi connectivity index (χ2v) is 4.54. The van der Waals surface area contributed by atoms with Gasteiger partial charge in [-0.05, 0) is 30.7 Å². The fourth-order valence-electron chi connectivity index (χ4n) is 1.77. The van der Waals surface area contributed by atoms with E-state index in [4.69, 9.17) is 0 Å². The van der Waals surface area contributed by atoms with Crippen LogP contribution in [0.15, 0.2) is 58.5 Å². The molecule has 4 heteroatoms. The highest BCUT2D eigenvalue weighted by Gasteiger charge is 1.95. The molecule has 0 saturated carbocycles. The van der Waals surface area contributed by atoms with Gasteiger partial charge in [0, 0.05) is 36.6 Å². The molecule has 2 aromatic carbocycles. The van der Waals surface area contributed by atoms with E-state index >= 15 is 0 Å². The topological polar surface area (TPSA) is 65.2 Å². The zero-order valence-electron chi connectivity index (χ0n) is 11.7. The van der Waals surface area contributed by atoms with Crippen LogP contribution < -0.4 is 0 Å². The average Bonchev–Trinajstić information content (AvgIpc) is 2.50. The van der Waals surface area contributed by atoms with Crippen molar-refractivity contribution in [2.24, 2.45) is 9.98 Å². The van der Waals surface area contributed by atoms with E-state index in [1.807, 2.05) is 24.3 Å². The molecule has 0 radical (unpaired) electrons. The molecule has 0 unspecified atom stereocenters. The number of hydrogen-bond donors (Lipinski definition) is 2. The minimum atomic E-state index is 0.235. The van der Waals surface area contributed by atoms with Crippen LogP contribution in [0.1, 0.15) is 17.5 Å². The molecule has 0 aliphatic rings. The molecule has 0 heterocycles. The number of phenolic OH excluding ortho intramolecular Hbond substituents is 2. The maximum absolute atomic E-state index is 9.56. The molecule has 0 amide bonds. The van der Waals surface area contributed by atoms with E-state index in [0.29, 0.717) is 13.1 Å². The number of aromatic hydroxyl groups is 2. The summed E-state index contributed by atoms with van der Waals surface area (Å²) >= 11 is 0. The standard InChI is InChI=1S/C17H18N2O2/c20-16-8-3-1-6-14(16)12-18-10-5-11-19-13-15-7-2-4-9-17(15)21/h1-4,6-9,12-13,20-21H,5,10-11H2/b18-12+,19-13?. The van der Waals surface area contributed by atoms with Gasteiger partial charge in [-0.25, -0.2) is 0 Å². The van der Waals surface area contributed by atoms with Gasteiger partial charge >= 0.3 is 0 Å². The first-order chi connectivity index (χ1) is 10.3. The average molecular weight is 282 g/mol. The van der Waals surface area contributed by atoms with Gasteiger partial charge in [0.05, 0.1) is 0 Å². The Hall–Kier alpha value is -2.62. The minimum absolute atomic E-state index is 0.235. The van der Waals surface area contributed by atoms with E-state index in [1.165, 1.54) is 0 Å². The Labute approximate surface area is 124 Å². The lowest BCUT2D eigenvalue weighted by molar-refractivity contribution is 0.474. The first kappa shape index (κ1) is 14.8. The Balaban J connectivity index is 1.73. The Kier molecular flexibility index (Phi) is 5.52. The predicted molar refractivity (Wildman–Crippen MR) is 85.8 cm³/mol. The number of para-hydroxylation sites is 2. The smallest absolute Gasteiger partial charge is 0.124 e. The fraction of sp³-hybridized carbons (Fsp3) is 0.176. The van der Waals surface area contributed by atoms with Gasteiger partial charge in [-0.2, -0.15) is 0 Å². The molecular weight excluding hydrogens is 264 g/mol. The predicted octanol–water partition coefficient (Wildman–Crippen LogP) is 3.03. The highest BCUT2D eigenvalue weighted by atomic mass is 16.3.